The van der Waals surface area contributed by atoms with Crippen LogP contribution in [0.4, 0.5) is 4.39 Å². The highest BCUT2D eigenvalue weighted by molar-refractivity contribution is 8.00. The number of hydrogen-bond acceptors (Lipinski definition) is 5. The smallest absolute Gasteiger partial charge is 0.277 e. The van der Waals surface area contributed by atoms with E-state index in [-0.39, 0.29) is 22.6 Å². The molecular formula is C21H20FN3O2S. The molecule has 0 aliphatic carbocycles. The molecule has 144 valence electrons. The Morgan fingerprint density at radius 3 is 2.46 bits per heavy atom. The van der Waals surface area contributed by atoms with Gasteiger partial charge in [-0.05, 0) is 48.7 Å². The molecule has 3 aromatic rings. The van der Waals surface area contributed by atoms with Gasteiger partial charge in [0.25, 0.3) is 11.1 Å². The van der Waals surface area contributed by atoms with Crippen LogP contribution in [-0.2, 0) is 4.79 Å². The summed E-state index contributed by atoms with van der Waals surface area (Å²) in [5, 5.41) is 7.77. The number of piperidine rings is 1. The average Bonchev–Trinajstić information content (AvgIpc) is 3.21. The number of benzene rings is 2. The van der Waals surface area contributed by atoms with E-state index in [0.717, 1.165) is 37.9 Å². The number of rotatable bonds is 5. The highest BCUT2D eigenvalue weighted by Gasteiger charge is 2.30. The number of carbonyl (C=O) groups excluding carboxylic acids is 1. The van der Waals surface area contributed by atoms with E-state index in [9.17, 15) is 9.18 Å². The van der Waals surface area contributed by atoms with Gasteiger partial charge < -0.3 is 9.32 Å². The molecule has 0 saturated carbocycles. The van der Waals surface area contributed by atoms with Gasteiger partial charge in [0.2, 0.25) is 5.91 Å². The first kappa shape index (κ1) is 18.7. The lowest BCUT2D eigenvalue weighted by Crippen LogP contribution is -2.38. The monoisotopic (exact) mass is 397 g/mol. The second-order valence-electron chi connectivity index (χ2n) is 6.65. The largest absolute Gasteiger partial charge is 0.411 e. The predicted octanol–water partition coefficient (Wildman–Crippen LogP) is 4.72. The summed E-state index contributed by atoms with van der Waals surface area (Å²) in [7, 11) is 0. The number of aromatic nitrogens is 2. The van der Waals surface area contributed by atoms with Crippen molar-refractivity contribution in [3.63, 3.8) is 0 Å². The summed E-state index contributed by atoms with van der Waals surface area (Å²) in [5.74, 6) is -0.272. The van der Waals surface area contributed by atoms with E-state index < -0.39 is 11.1 Å². The van der Waals surface area contributed by atoms with Crippen LogP contribution in [0.3, 0.4) is 0 Å². The highest BCUT2D eigenvalue weighted by Crippen LogP contribution is 2.37. The van der Waals surface area contributed by atoms with E-state index >= 15 is 0 Å². The Labute approximate surface area is 167 Å². The Balaban J connectivity index is 1.59. The van der Waals surface area contributed by atoms with Gasteiger partial charge in [-0.2, -0.15) is 0 Å². The number of nitrogens with zero attached hydrogens (tertiary/aromatic N) is 3. The third kappa shape index (κ3) is 4.09. The van der Waals surface area contributed by atoms with Crippen molar-refractivity contribution in [3.05, 3.63) is 66.0 Å². The second-order valence-corrected chi connectivity index (χ2v) is 7.70. The van der Waals surface area contributed by atoms with Crippen molar-refractivity contribution in [1.29, 1.82) is 0 Å². The van der Waals surface area contributed by atoms with E-state index in [1.165, 1.54) is 17.8 Å². The minimum Gasteiger partial charge on any atom is -0.411 e. The number of carbonyl (C=O) groups is 1. The standard InChI is InChI=1S/C21H20FN3O2S/c22-17-12-6-5-11-16(17)19-23-24-21(27-19)28-18(15-9-3-1-4-10-15)20(26)25-13-7-2-8-14-25/h1,3-6,9-12,18H,2,7-8,13-14H2. The summed E-state index contributed by atoms with van der Waals surface area (Å²) < 4.78 is 19.7. The number of amides is 1. The molecule has 0 spiro atoms. The Hall–Kier alpha value is -2.67. The molecule has 1 atom stereocenters. The lowest BCUT2D eigenvalue weighted by Gasteiger charge is -2.29. The molecule has 5 nitrogen and oxygen atoms in total. The lowest BCUT2D eigenvalue weighted by molar-refractivity contribution is -0.131. The number of hydrogen-bond donors (Lipinski definition) is 0. The van der Waals surface area contributed by atoms with Crippen LogP contribution in [0.2, 0.25) is 0 Å². The minimum absolute atomic E-state index is 0.0431. The summed E-state index contributed by atoms with van der Waals surface area (Å²) in [6.07, 6.45) is 3.20. The van der Waals surface area contributed by atoms with Crippen LogP contribution in [0, 0.1) is 5.82 Å². The minimum atomic E-state index is -0.478. The SMILES string of the molecule is O=C(C(Sc1nnc(-c2ccccc2F)o1)c1ccccc1)N1CCCCC1. The molecule has 1 amide bonds. The van der Waals surface area contributed by atoms with Crippen molar-refractivity contribution in [2.24, 2.45) is 0 Å². The van der Waals surface area contributed by atoms with Gasteiger partial charge in [-0.15, -0.1) is 10.2 Å². The Bertz CT molecular complexity index is 942. The molecule has 1 aromatic heterocycles. The topological polar surface area (TPSA) is 59.2 Å². The fourth-order valence-electron chi connectivity index (χ4n) is 3.27. The molecular weight excluding hydrogens is 377 g/mol. The normalized spacial score (nSPS) is 15.4. The third-order valence-corrected chi connectivity index (χ3v) is 5.80. The van der Waals surface area contributed by atoms with E-state index in [1.807, 2.05) is 35.2 Å². The lowest BCUT2D eigenvalue weighted by atomic mass is 10.1. The summed E-state index contributed by atoms with van der Waals surface area (Å²) in [6, 6.07) is 15.8. The van der Waals surface area contributed by atoms with Crippen molar-refractivity contribution >= 4 is 17.7 Å². The van der Waals surface area contributed by atoms with Crippen LogP contribution >= 0.6 is 11.8 Å². The zero-order valence-electron chi connectivity index (χ0n) is 15.3. The van der Waals surface area contributed by atoms with Crippen molar-refractivity contribution in [2.45, 2.75) is 29.7 Å². The summed E-state index contributed by atoms with van der Waals surface area (Å²) >= 11 is 1.21. The van der Waals surface area contributed by atoms with E-state index in [0.29, 0.717) is 0 Å². The van der Waals surface area contributed by atoms with Crippen LogP contribution in [0.1, 0.15) is 30.1 Å². The fourth-order valence-corrected chi connectivity index (χ4v) is 4.23. The molecule has 0 bridgehead atoms. The first-order valence-corrected chi connectivity index (χ1v) is 10.2. The average molecular weight is 397 g/mol. The van der Waals surface area contributed by atoms with Gasteiger partial charge in [0.15, 0.2) is 0 Å². The Morgan fingerprint density at radius 2 is 1.71 bits per heavy atom. The van der Waals surface area contributed by atoms with E-state index in [2.05, 4.69) is 10.2 Å². The van der Waals surface area contributed by atoms with Crippen LogP contribution in [0.5, 0.6) is 0 Å². The van der Waals surface area contributed by atoms with Crippen molar-refractivity contribution in [3.8, 4) is 11.5 Å². The van der Waals surface area contributed by atoms with E-state index in [1.54, 1.807) is 18.2 Å². The molecule has 2 aromatic carbocycles. The highest BCUT2D eigenvalue weighted by atomic mass is 32.2. The molecule has 1 aliphatic heterocycles. The van der Waals surface area contributed by atoms with Crippen molar-refractivity contribution in [2.75, 3.05) is 13.1 Å². The van der Waals surface area contributed by atoms with Gasteiger partial charge >= 0.3 is 0 Å². The molecule has 7 heteroatoms. The molecule has 1 fully saturated rings. The van der Waals surface area contributed by atoms with Gasteiger partial charge in [-0.3, -0.25) is 4.79 Å². The Kier molecular flexibility index (Phi) is 5.71. The van der Waals surface area contributed by atoms with Crippen LogP contribution < -0.4 is 0 Å². The van der Waals surface area contributed by atoms with Crippen molar-refractivity contribution in [1.82, 2.24) is 15.1 Å². The van der Waals surface area contributed by atoms with Crippen LogP contribution in [-0.4, -0.2) is 34.1 Å². The molecule has 1 unspecified atom stereocenters. The third-order valence-electron chi connectivity index (χ3n) is 4.72. The maximum Gasteiger partial charge on any atom is 0.277 e. The van der Waals surface area contributed by atoms with Crippen LogP contribution in [0.25, 0.3) is 11.5 Å². The number of thioether (sulfide) groups is 1. The maximum atomic E-state index is 14.0. The summed E-state index contributed by atoms with van der Waals surface area (Å²) in [4.78, 5) is 15.1. The van der Waals surface area contributed by atoms with Gasteiger partial charge in [-0.25, -0.2) is 4.39 Å². The molecule has 2 heterocycles. The first-order valence-electron chi connectivity index (χ1n) is 9.31. The van der Waals surface area contributed by atoms with Crippen LogP contribution in [0.15, 0.2) is 64.2 Å². The maximum absolute atomic E-state index is 14.0. The summed E-state index contributed by atoms with van der Waals surface area (Å²) in [5.41, 5.74) is 1.13. The zero-order chi connectivity index (χ0) is 19.3. The fraction of sp³-hybridized carbons (Fsp3) is 0.286. The number of likely N-dealkylation sites (tertiary alicyclic amines) is 1. The number of halogens is 1. The Morgan fingerprint density at radius 1 is 1.00 bits per heavy atom. The first-order chi connectivity index (χ1) is 13.7. The quantitative estimate of drug-likeness (QED) is 0.583. The molecule has 1 saturated heterocycles. The molecule has 0 radical (unpaired) electrons. The van der Waals surface area contributed by atoms with Gasteiger partial charge in [0, 0.05) is 13.1 Å². The van der Waals surface area contributed by atoms with Crippen molar-refractivity contribution < 1.29 is 13.6 Å². The molecule has 0 N–H and O–H groups in total. The van der Waals surface area contributed by atoms with E-state index in [4.69, 9.17) is 4.42 Å². The van der Waals surface area contributed by atoms with Gasteiger partial charge in [0.05, 0.1) is 5.56 Å². The molecule has 28 heavy (non-hydrogen) atoms. The molecule has 4 rings (SSSR count). The predicted molar refractivity (Wildman–Crippen MR) is 105 cm³/mol. The zero-order valence-corrected chi connectivity index (χ0v) is 16.1. The molecule has 1 aliphatic rings. The van der Waals surface area contributed by atoms with Gasteiger partial charge in [0.1, 0.15) is 11.1 Å². The summed E-state index contributed by atoms with van der Waals surface area (Å²) in [6.45, 7) is 1.54. The second kappa shape index (κ2) is 8.56. The van der Waals surface area contributed by atoms with Gasteiger partial charge in [-0.1, -0.05) is 42.5 Å².